The van der Waals surface area contributed by atoms with Crippen LogP contribution in [0.4, 0.5) is 0 Å². The van der Waals surface area contributed by atoms with Crippen LogP contribution in [0.15, 0.2) is 50.1 Å². The number of halogens is 1. The zero-order chi connectivity index (χ0) is 26.5. The molecule has 0 unspecified atom stereocenters. The number of alkyl halides is 1. The Morgan fingerprint density at radius 1 is 0.857 bits per heavy atom. The summed E-state index contributed by atoms with van der Waals surface area (Å²) < 4.78 is 25.3. The number of nitrogens with zero attached hydrogens (tertiary/aromatic N) is 3. The molecule has 0 aliphatic carbocycles. The molecule has 0 atom stereocenters. The average Bonchev–Trinajstić information content (AvgIpc) is 3.51. The molecule has 4 rings (SSSR count). The minimum absolute atomic E-state index is 0.283. The van der Waals surface area contributed by atoms with Gasteiger partial charge in [-0.1, -0.05) is 28.1 Å². The van der Waals surface area contributed by atoms with E-state index in [1.807, 2.05) is 66.3 Å². The molecule has 1 N–H and O–H groups in total. The van der Waals surface area contributed by atoms with Crippen molar-refractivity contribution in [3.8, 4) is 0 Å². The number of hydrogen-bond acceptors (Lipinski definition) is 6. The Morgan fingerprint density at radius 2 is 1.31 bits per heavy atom. The molecular weight excluding hydrogens is 510 g/mol. The highest BCUT2D eigenvalue weighted by atomic mass is 79.9. The van der Waals surface area contributed by atoms with Crippen LogP contribution < -0.4 is 10.9 Å². The van der Waals surface area contributed by atoms with Gasteiger partial charge in [-0.05, 0) is 55.4 Å². The van der Waals surface area contributed by atoms with Crippen molar-refractivity contribution in [3.63, 3.8) is 0 Å². The predicted molar refractivity (Wildman–Crippen MR) is 146 cm³/mol. The Labute approximate surface area is 219 Å². The van der Waals surface area contributed by atoms with Crippen molar-refractivity contribution in [1.82, 2.24) is 20.0 Å². The van der Waals surface area contributed by atoms with E-state index in [4.69, 9.17) is 18.6 Å². The van der Waals surface area contributed by atoms with Crippen molar-refractivity contribution in [2.75, 3.05) is 5.33 Å². The molecule has 2 aromatic rings. The highest BCUT2D eigenvalue weighted by Gasteiger charge is 2.53. The van der Waals surface area contributed by atoms with Crippen molar-refractivity contribution in [2.24, 2.45) is 0 Å². The maximum Gasteiger partial charge on any atom is 0.498 e. The summed E-state index contributed by atoms with van der Waals surface area (Å²) in [5, 5.41) is 11.8. The quantitative estimate of drug-likeness (QED) is 0.349. The molecule has 192 valence electrons. The Hall–Kier alpha value is -1.65. The first kappa shape index (κ1) is 29.6. The molecule has 0 radical (unpaired) electrons. The Morgan fingerprint density at radius 3 is 1.69 bits per heavy atom. The first-order valence-electron chi connectivity index (χ1n) is 11.7. The van der Waals surface area contributed by atoms with Crippen LogP contribution in [0.25, 0.3) is 0 Å². The van der Waals surface area contributed by atoms with Crippen molar-refractivity contribution in [1.29, 1.82) is 0 Å². The van der Waals surface area contributed by atoms with Crippen LogP contribution in [0.5, 0.6) is 0 Å². The molecule has 4 heterocycles. The summed E-state index contributed by atoms with van der Waals surface area (Å²) >= 11 is 3.13. The lowest BCUT2D eigenvalue weighted by atomic mass is 9.82. The summed E-state index contributed by atoms with van der Waals surface area (Å²) in [6, 6.07) is 0. The maximum atomic E-state index is 5.94. The van der Waals surface area contributed by atoms with Gasteiger partial charge in [0.1, 0.15) is 0 Å². The lowest BCUT2D eigenvalue weighted by Crippen LogP contribution is -2.41. The molecule has 0 bridgehead atoms. The fraction of sp³-hybridized carbons (Fsp3) is 0.583. The van der Waals surface area contributed by atoms with E-state index in [-0.39, 0.29) is 36.6 Å². The second-order valence-electron chi connectivity index (χ2n) is 10.4. The molecule has 2 aromatic heterocycles. The van der Waals surface area contributed by atoms with Gasteiger partial charge in [-0.3, -0.25) is 9.78 Å². The number of hydrogen-bond donors (Lipinski definition) is 1. The van der Waals surface area contributed by atoms with E-state index in [1.165, 1.54) is 0 Å². The molecule has 35 heavy (non-hydrogen) atoms. The third kappa shape index (κ3) is 7.20. The van der Waals surface area contributed by atoms with Crippen LogP contribution in [0.1, 0.15) is 55.4 Å². The third-order valence-electron chi connectivity index (χ3n) is 6.65. The summed E-state index contributed by atoms with van der Waals surface area (Å²) in [6.45, 7) is 24.1. The number of aromatic nitrogens is 4. The fourth-order valence-corrected chi connectivity index (χ4v) is 3.08. The van der Waals surface area contributed by atoms with Gasteiger partial charge in [0.15, 0.2) is 0 Å². The highest BCUT2D eigenvalue weighted by molar-refractivity contribution is 9.09. The Balaban J connectivity index is 0.000000217. The SMILES string of the molecule is C=CCBr.C=CCn1cc(B2OC(C)(C)C(C)(C)O2)cn1.CC1(C)OB(c2cn[nH]c2)OC1(C)C. The minimum Gasteiger partial charge on any atom is -0.399 e. The van der Waals surface area contributed by atoms with Crippen molar-refractivity contribution in [2.45, 2.75) is 84.3 Å². The summed E-state index contributed by atoms with van der Waals surface area (Å²) in [6.07, 6.45) is 10.8. The van der Waals surface area contributed by atoms with Crippen LogP contribution in [0.2, 0.25) is 0 Å². The zero-order valence-electron chi connectivity index (χ0n) is 22.3. The van der Waals surface area contributed by atoms with Crippen LogP contribution in [0.3, 0.4) is 0 Å². The number of H-pyrrole nitrogens is 1. The lowest BCUT2D eigenvalue weighted by molar-refractivity contribution is 0.00578. The van der Waals surface area contributed by atoms with E-state index in [0.717, 1.165) is 16.3 Å². The van der Waals surface area contributed by atoms with Gasteiger partial charge < -0.3 is 18.6 Å². The standard InChI is InChI=1S/C12H19BN2O2.C9H15BN2O2.C3H5Br/c1-6-7-15-9-10(8-14-15)13-16-11(2,3)12(4,5)17-13;1-8(2)9(3,4)14-10(13-8)7-5-11-12-6-7;1-2-3-4/h6,8-9H,1,7H2,2-5H3;5-6H,1-4H3,(H,11,12);2H,1,3H2. The number of nitrogens with one attached hydrogen (secondary N) is 1. The smallest absolute Gasteiger partial charge is 0.399 e. The average molecular weight is 549 g/mol. The summed E-state index contributed by atoms with van der Waals surface area (Å²) in [5.41, 5.74) is 0.703. The van der Waals surface area contributed by atoms with E-state index >= 15 is 0 Å². The van der Waals surface area contributed by atoms with E-state index in [2.05, 4.69) is 44.4 Å². The molecule has 0 spiro atoms. The second-order valence-corrected chi connectivity index (χ2v) is 11.1. The van der Waals surface area contributed by atoms with E-state index < -0.39 is 0 Å². The van der Waals surface area contributed by atoms with Crippen molar-refractivity contribution in [3.05, 3.63) is 50.1 Å². The third-order valence-corrected chi connectivity index (χ3v) is 7.11. The molecule has 2 aliphatic rings. The molecule has 2 aliphatic heterocycles. The van der Waals surface area contributed by atoms with Crippen molar-refractivity contribution < 1.29 is 18.6 Å². The normalized spacial score (nSPS) is 20.9. The number of aromatic amines is 1. The van der Waals surface area contributed by atoms with E-state index in [1.54, 1.807) is 30.7 Å². The largest absolute Gasteiger partial charge is 0.498 e. The molecule has 0 aromatic carbocycles. The predicted octanol–water partition coefficient (Wildman–Crippen LogP) is 3.64. The van der Waals surface area contributed by atoms with E-state index in [9.17, 15) is 0 Å². The first-order chi connectivity index (χ1) is 16.2. The summed E-state index contributed by atoms with van der Waals surface area (Å²) in [5.74, 6) is 0. The molecule has 0 saturated carbocycles. The molecular formula is C24H39B2BrN4O4. The van der Waals surface area contributed by atoms with Gasteiger partial charge in [0.25, 0.3) is 0 Å². The van der Waals surface area contributed by atoms with Gasteiger partial charge in [0.05, 0.1) is 28.9 Å². The Kier molecular flexibility index (Phi) is 9.80. The zero-order valence-corrected chi connectivity index (χ0v) is 23.9. The topological polar surface area (TPSA) is 83.4 Å². The van der Waals surface area contributed by atoms with Crippen LogP contribution in [-0.2, 0) is 25.2 Å². The number of allylic oxidation sites excluding steroid dienone is 2. The summed E-state index contributed by atoms with van der Waals surface area (Å²) in [7, 11) is -0.641. The van der Waals surface area contributed by atoms with E-state index in [0.29, 0.717) is 6.54 Å². The van der Waals surface area contributed by atoms with Crippen LogP contribution >= 0.6 is 15.9 Å². The molecule has 8 nitrogen and oxygen atoms in total. The monoisotopic (exact) mass is 548 g/mol. The van der Waals surface area contributed by atoms with Gasteiger partial charge in [0, 0.05) is 41.0 Å². The maximum absolute atomic E-state index is 5.94. The molecule has 11 heteroatoms. The highest BCUT2D eigenvalue weighted by Crippen LogP contribution is 2.37. The Bertz CT molecular complexity index is 929. The second kappa shape index (κ2) is 11.6. The fourth-order valence-electron chi connectivity index (χ4n) is 3.08. The van der Waals surface area contributed by atoms with Gasteiger partial charge >= 0.3 is 14.2 Å². The van der Waals surface area contributed by atoms with Gasteiger partial charge in [-0.25, -0.2) is 0 Å². The van der Waals surface area contributed by atoms with Gasteiger partial charge in [-0.2, -0.15) is 10.2 Å². The van der Waals surface area contributed by atoms with Crippen LogP contribution in [0, 0.1) is 0 Å². The van der Waals surface area contributed by atoms with Crippen LogP contribution in [-0.4, -0.2) is 61.9 Å². The number of rotatable bonds is 5. The van der Waals surface area contributed by atoms with Gasteiger partial charge in [0.2, 0.25) is 0 Å². The summed E-state index contributed by atoms with van der Waals surface area (Å²) in [4.78, 5) is 0. The minimum atomic E-state index is -0.335. The lowest BCUT2D eigenvalue weighted by Gasteiger charge is -2.32. The first-order valence-corrected chi connectivity index (χ1v) is 12.8. The molecule has 2 fully saturated rings. The van der Waals surface area contributed by atoms with Gasteiger partial charge in [-0.15, -0.1) is 13.2 Å². The van der Waals surface area contributed by atoms with Crippen molar-refractivity contribution >= 4 is 41.1 Å². The molecule has 0 amide bonds. The molecule has 2 saturated heterocycles.